The maximum atomic E-state index is 10.8. The quantitative estimate of drug-likeness (QED) is 0.703. The van der Waals surface area contributed by atoms with Crippen molar-refractivity contribution in [3.8, 4) is 0 Å². The van der Waals surface area contributed by atoms with E-state index in [0.717, 1.165) is 4.47 Å². The highest BCUT2D eigenvalue weighted by molar-refractivity contribution is 9.10. The second-order valence-electron chi connectivity index (χ2n) is 2.83. The number of nitrogens with two attached hydrogens (primary N) is 2. The first-order valence-electron chi connectivity index (χ1n) is 3.66. The van der Waals surface area contributed by atoms with Gasteiger partial charge in [0.2, 0.25) is 0 Å². The van der Waals surface area contributed by atoms with Crippen molar-refractivity contribution in [2.45, 2.75) is 6.92 Å². The molecule has 0 aliphatic carbocycles. The Labute approximate surface area is 90.8 Å². The summed E-state index contributed by atoms with van der Waals surface area (Å²) in [7, 11) is -3.78. The van der Waals surface area contributed by atoms with Gasteiger partial charge in [0.25, 0.3) is 10.2 Å². The lowest BCUT2D eigenvalue weighted by molar-refractivity contribution is 0.603. The van der Waals surface area contributed by atoms with Crippen molar-refractivity contribution < 1.29 is 8.42 Å². The predicted molar refractivity (Wildman–Crippen MR) is 60.0 cm³/mol. The van der Waals surface area contributed by atoms with E-state index in [2.05, 4.69) is 20.7 Å². The maximum absolute atomic E-state index is 10.8. The molecule has 0 heterocycles. The second kappa shape index (κ2) is 3.76. The lowest BCUT2D eigenvalue weighted by Crippen LogP contribution is -2.22. The molecule has 1 aromatic carbocycles. The number of benzene rings is 1. The Kier molecular flexibility index (Phi) is 3.03. The predicted octanol–water partition coefficient (Wildman–Crippen LogP) is 0.955. The van der Waals surface area contributed by atoms with E-state index in [1.54, 1.807) is 19.1 Å². The number of nitrogens with one attached hydrogen (secondary N) is 1. The van der Waals surface area contributed by atoms with Crippen molar-refractivity contribution in [2.75, 3.05) is 10.5 Å². The van der Waals surface area contributed by atoms with Gasteiger partial charge in [0, 0.05) is 4.47 Å². The molecule has 78 valence electrons. The summed E-state index contributed by atoms with van der Waals surface area (Å²) in [6.07, 6.45) is 0. The number of hydrogen-bond donors (Lipinski definition) is 3. The highest BCUT2D eigenvalue weighted by Crippen LogP contribution is 2.27. The van der Waals surface area contributed by atoms with E-state index in [-0.39, 0.29) is 0 Å². The van der Waals surface area contributed by atoms with Crippen molar-refractivity contribution in [1.82, 2.24) is 0 Å². The molecular weight excluding hydrogens is 270 g/mol. The van der Waals surface area contributed by atoms with Crippen LogP contribution in [0.5, 0.6) is 0 Å². The molecule has 5 nitrogen and oxygen atoms in total. The highest BCUT2D eigenvalue weighted by atomic mass is 79.9. The van der Waals surface area contributed by atoms with Gasteiger partial charge in [0.1, 0.15) is 0 Å². The van der Waals surface area contributed by atoms with Gasteiger partial charge < -0.3 is 5.73 Å². The number of nitrogen functional groups attached to an aromatic ring is 1. The minimum atomic E-state index is -3.78. The monoisotopic (exact) mass is 279 g/mol. The van der Waals surface area contributed by atoms with E-state index in [0.29, 0.717) is 16.9 Å². The standard InChI is InChI=1S/C7H10BrN3O2S/c1-4-2-5(8)3-6(9)7(4)11-14(10,12)13/h2-3,11H,9H2,1H3,(H2,10,12,13). The molecule has 0 amide bonds. The smallest absolute Gasteiger partial charge is 0.296 e. The normalized spacial score (nSPS) is 11.4. The lowest BCUT2D eigenvalue weighted by atomic mass is 10.2. The Morgan fingerprint density at radius 3 is 2.43 bits per heavy atom. The fraction of sp³-hybridized carbons (Fsp3) is 0.143. The molecule has 0 aliphatic rings. The molecule has 0 fully saturated rings. The minimum Gasteiger partial charge on any atom is -0.397 e. The van der Waals surface area contributed by atoms with Crippen molar-refractivity contribution in [1.29, 1.82) is 0 Å². The first kappa shape index (κ1) is 11.3. The summed E-state index contributed by atoms with van der Waals surface area (Å²) in [6, 6.07) is 3.34. The first-order valence-corrected chi connectivity index (χ1v) is 5.99. The molecule has 7 heteroatoms. The summed E-state index contributed by atoms with van der Waals surface area (Å²) >= 11 is 3.24. The topological polar surface area (TPSA) is 98.2 Å². The van der Waals surface area contributed by atoms with Crippen LogP contribution in [0, 0.1) is 6.92 Å². The fourth-order valence-corrected chi connectivity index (χ4v) is 2.20. The van der Waals surface area contributed by atoms with Gasteiger partial charge in [-0.15, -0.1) is 0 Å². The highest BCUT2D eigenvalue weighted by Gasteiger charge is 2.09. The number of rotatable bonds is 2. The van der Waals surface area contributed by atoms with Gasteiger partial charge in [-0.2, -0.15) is 8.42 Å². The Morgan fingerprint density at radius 2 is 2.00 bits per heavy atom. The summed E-state index contributed by atoms with van der Waals surface area (Å²) < 4.78 is 24.5. The van der Waals surface area contributed by atoms with Crippen LogP contribution in [0.15, 0.2) is 16.6 Å². The van der Waals surface area contributed by atoms with Crippen molar-refractivity contribution >= 4 is 37.5 Å². The molecule has 0 radical (unpaired) electrons. The van der Waals surface area contributed by atoms with Crippen LogP contribution in [0.2, 0.25) is 0 Å². The van der Waals surface area contributed by atoms with Gasteiger partial charge >= 0.3 is 0 Å². The van der Waals surface area contributed by atoms with Gasteiger partial charge in [-0.05, 0) is 24.6 Å². The molecule has 5 N–H and O–H groups in total. The average molecular weight is 280 g/mol. The zero-order valence-corrected chi connectivity index (χ0v) is 9.81. The Morgan fingerprint density at radius 1 is 1.43 bits per heavy atom. The van der Waals surface area contributed by atoms with Crippen molar-refractivity contribution in [3.05, 3.63) is 22.2 Å². The van der Waals surface area contributed by atoms with Crippen LogP contribution in [-0.4, -0.2) is 8.42 Å². The summed E-state index contributed by atoms with van der Waals surface area (Å²) in [5, 5.41) is 4.84. The van der Waals surface area contributed by atoms with E-state index in [4.69, 9.17) is 10.9 Å². The maximum Gasteiger partial charge on any atom is 0.296 e. The molecule has 0 unspecified atom stereocenters. The molecule has 0 bridgehead atoms. The molecule has 0 saturated heterocycles. The summed E-state index contributed by atoms with van der Waals surface area (Å²) in [6.45, 7) is 1.73. The Bertz CT molecular complexity index is 435. The zero-order valence-electron chi connectivity index (χ0n) is 7.41. The Hall–Kier alpha value is -0.790. The molecule has 0 atom stereocenters. The number of anilines is 2. The molecule has 0 saturated carbocycles. The third kappa shape index (κ3) is 2.86. The molecule has 14 heavy (non-hydrogen) atoms. The molecule has 0 spiro atoms. The van der Waals surface area contributed by atoms with Gasteiger partial charge in [-0.25, -0.2) is 5.14 Å². The largest absolute Gasteiger partial charge is 0.397 e. The SMILES string of the molecule is Cc1cc(Br)cc(N)c1NS(N)(=O)=O. The van der Waals surface area contributed by atoms with Crippen LogP contribution in [0.1, 0.15) is 5.56 Å². The van der Waals surface area contributed by atoms with E-state index in [1.165, 1.54) is 0 Å². The van der Waals surface area contributed by atoms with E-state index >= 15 is 0 Å². The zero-order chi connectivity index (χ0) is 10.9. The molecular formula is C7H10BrN3O2S. The van der Waals surface area contributed by atoms with Crippen molar-refractivity contribution in [3.63, 3.8) is 0 Å². The molecule has 1 rings (SSSR count). The molecule has 1 aromatic rings. The van der Waals surface area contributed by atoms with Crippen LogP contribution < -0.4 is 15.6 Å². The third-order valence-corrected chi connectivity index (χ3v) is 2.52. The number of hydrogen-bond acceptors (Lipinski definition) is 3. The van der Waals surface area contributed by atoms with Gasteiger partial charge in [0.05, 0.1) is 11.4 Å². The third-order valence-electron chi connectivity index (χ3n) is 1.58. The number of aryl methyl sites for hydroxylation is 1. The summed E-state index contributed by atoms with van der Waals surface area (Å²) in [5.41, 5.74) is 6.96. The molecule has 0 aromatic heterocycles. The van der Waals surface area contributed by atoms with Crippen LogP contribution >= 0.6 is 15.9 Å². The average Bonchev–Trinajstić information content (AvgIpc) is 1.95. The summed E-state index contributed by atoms with van der Waals surface area (Å²) in [4.78, 5) is 0. The second-order valence-corrected chi connectivity index (χ2v) is 5.04. The fourth-order valence-electron chi connectivity index (χ4n) is 1.05. The van der Waals surface area contributed by atoms with Gasteiger partial charge in [-0.3, -0.25) is 4.72 Å². The van der Waals surface area contributed by atoms with E-state index in [9.17, 15) is 8.42 Å². The number of halogens is 1. The van der Waals surface area contributed by atoms with Gasteiger partial charge in [0.15, 0.2) is 0 Å². The Balaban J connectivity index is 3.22. The molecule has 0 aliphatic heterocycles. The van der Waals surface area contributed by atoms with Crippen LogP contribution in [0.3, 0.4) is 0 Å². The lowest BCUT2D eigenvalue weighted by Gasteiger charge is -2.10. The summed E-state index contributed by atoms with van der Waals surface area (Å²) in [5.74, 6) is 0. The van der Waals surface area contributed by atoms with Crippen LogP contribution in [0.4, 0.5) is 11.4 Å². The van der Waals surface area contributed by atoms with Crippen molar-refractivity contribution in [2.24, 2.45) is 5.14 Å². The van der Waals surface area contributed by atoms with E-state index < -0.39 is 10.2 Å². The first-order chi connectivity index (χ1) is 6.29. The van der Waals surface area contributed by atoms with Gasteiger partial charge in [-0.1, -0.05) is 15.9 Å². The van der Waals surface area contributed by atoms with Crippen LogP contribution in [0.25, 0.3) is 0 Å². The van der Waals surface area contributed by atoms with E-state index in [1.807, 2.05) is 0 Å². The minimum absolute atomic E-state index is 0.315. The van der Waals surface area contributed by atoms with Crippen LogP contribution in [-0.2, 0) is 10.2 Å².